The third kappa shape index (κ3) is 4.70. The highest BCUT2D eigenvalue weighted by Gasteiger charge is 2.20. The van der Waals surface area contributed by atoms with Crippen molar-refractivity contribution in [2.75, 3.05) is 13.6 Å². The maximum atomic E-state index is 12.6. The molecule has 0 N–H and O–H groups in total. The van der Waals surface area contributed by atoms with Crippen molar-refractivity contribution in [3.63, 3.8) is 0 Å². The van der Waals surface area contributed by atoms with Gasteiger partial charge in [0.25, 0.3) is 5.91 Å². The van der Waals surface area contributed by atoms with E-state index in [4.69, 9.17) is 11.6 Å². The number of rotatable bonds is 5. The van der Waals surface area contributed by atoms with Crippen molar-refractivity contribution in [3.8, 4) is 0 Å². The first-order chi connectivity index (χ1) is 10.1. The van der Waals surface area contributed by atoms with Gasteiger partial charge in [-0.15, -0.1) is 0 Å². The number of halogens is 1. The first kappa shape index (κ1) is 16.3. The van der Waals surface area contributed by atoms with Crippen LogP contribution in [0.3, 0.4) is 0 Å². The van der Waals surface area contributed by atoms with Crippen LogP contribution in [0.4, 0.5) is 0 Å². The minimum Gasteiger partial charge on any atom is -0.341 e. The molecule has 0 bridgehead atoms. The fraction of sp³-hybridized carbons (Fsp3) is 0.647. The van der Waals surface area contributed by atoms with Crippen LogP contribution in [-0.2, 0) is 6.42 Å². The average molecular weight is 309 g/mol. The van der Waals surface area contributed by atoms with Crippen LogP contribution in [0.5, 0.6) is 0 Å². The summed E-state index contributed by atoms with van der Waals surface area (Å²) in [6.07, 6.45) is 8.29. The minimum atomic E-state index is 0.0576. The van der Waals surface area contributed by atoms with Crippen LogP contribution in [0, 0.1) is 5.92 Å². The quantitative estimate of drug-likeness (QED) is 0.758. The fourth-order valence-electron chi connectivity index (χ4n) is 3.12. The Morgan fingerprint density at radius 2 is 2.05 bits per heavy atom. The van der Waals surface area contributed by atoms with Crippen molar-refractivity contribution in [1.82, 2.24) is 9.88 Å². The van der Waals surface area contributed by atoms with Crippen molar-refractivity contribution < 1.29 is 4.79 Å². The molecule has 1 fully saturated rings. The number of carbonyl (C=O) groups excluding carboxylic acids is 1. The summed E-state index contributed by atoms with van der Waals surface area (Å²) in [5.74, 6) is 0.711. The van der Waals surface area contributed by atoms with Crippen molar-refractivity contribution >= 4 is 17.5 Å². The second-order valence-electron chi connectivity index (χ2n) is 6.11. The van der Waals surface area contributed by atoms with Gasteiger partial charge in [0.15, 0.2) is 0 Å². The molecular weight excluding hydrogens is 284 g/mol. The number of hydrogen-bond donors (Lipinski definition) is 0. The molecule has 1 saturated carbocycles. The molecular formula is C17H25ClN2O. The summed E-state index contributed by atoms with van der Waals surface area (Å²) in [5, 5.41) is 0.412. The minimum absolute atomic E-state index is 0.0576. The van der Waals surface area contributed by atoms with Gasteiger partial charge in [0.1, 0.15) is 5.15 Å². The van der Waals surface area contributed by atoms with Gasteiger partial charge in [-0.05, 0) is 37.3 Å². The van der Waals surface area contributed by atoms with E-state index in [2.05, 4.69) is 11.9 Å². The zero-order valence-electron chi connectivity index (χ0n) is 13.1. The Balaban J connectivity index is 2.03. The normalized spacial score (nSPS) is 16.0. The van der Waals surface area contributed by atoms with Gasteiger partial charge in [0, 0.05) is 24.8 Å². The van der Waals surface area contributed by atoms with E-state index >= 15 is 0 Å². The number of amides is 1. The summed E-state index contributed by atoms with van der Waals surface area (Å²) in [7, 11) is 1.89. The van der Waals surface area contributed by atoms with Gasteiger partial charge in [-0.2, -0.15) is 0 Å². The van der Waals surface area contributed by atoms with Crippen LogP contribution in [0.2, 0.25) is 5.15 Å². The van der Waals surface area contributed by atoms with Crippen LogP contribution in [-0.4, -0.2) is 29.4 Å². The van der Waals surface area contributed by atoms with E-state index in [1.165, 1.54) is 32.1 Å². The molecule has 1 aliphatic carbocycles. The predicted octanol–water partition coefficient (Wildman–Crippen LogP) is 4.34. The molecule has 0 radical (unpaired) electrons. The molecule has 1 amide bonds. The molecule has 0 atom stereocenters. The molecule has 0 unspecified atom stereocenters. The highest BCUT2D eigenvalue weighted by molar-refractivity contribution is 6.29. The van der Waals surface area contributed by atoms with E-state index in [1.54, 1.807) is 6.07 Å². The smallest absolute Gasteiger partial charge is 0.253 e. The summed E-state index contributed by atoms with van der Waals surface area (Å²) in [5.41, 5.74) is 1.57. The Hall–Kier alpha value is -1.09. The van der Waals surface area contributed by atoms with Gasteiger partial charge in [-0.25, -0.2) is 4.98 Å². The lowest BCUT2D eigenvalue weighted by Crippen LogP contribution is -2.32. The Morgan fingerprint density at radius 1 is 1.33 bits per heavy atom. The lowest BCUT2D eigenvalue weighted by molar-refractivity contribution is 0.0760. The largest absolute Gasteiger partial charge is 0.341 e. The Morgan fingerprint density at radius 3 is 2.71 bits per heavy atom. The molecule has 4 heteroatoms. The third-order valence-corrected chi connectivity index (χ3v) is 4.40. The van der Waals surface area contributed by atoms with Crippen LogP contribution in [0.25, 0.3) is 0 Å². The zero-order valence-corrected chi connectivity index (χ0v) is 13.8. The highest BCUT2D eigenvalue weighted by atomic mass is 35.5. The second-order valence-corrected chi connectivity index (χ2v) is 6.50. The first-order valence-corrected chi connectivity index (χ1v) is 8.40. The number of pyridine rings is 1. The summed E-state index contributed by atoms with van der Waals surface area (Å²) < 4.78 is 0. The number of hydrogen-bond acceptors (Lipinski definition) is 2. The maximum absolute atomic E-state index is 12.6. The standard InChI is InChI=1S/C17H25ClN2O/c1-3-7-15-10-14(11-16(18)19-15)17(21)20(2)12-13-8-5-4-6-9-13/h10-11,13H,3-9,12H2,1-2H3. The summed E-state index contributed by atoms with van der Waals surface area (Å²) >= 11 is 6.04. The third-order valence-electron chi connectivity index (χ3n) is 4.20. The molecule has 21 heavy (non-hydrogen) atoms. The first-order valence-electron chi connectivity index (χ1n) is 8.02. The zero-order chi connectivity index (χ0) is 15.2. The van der Waals surface area contributed by atoms with Crippen LogP contribution < -0.4 is 0 Å². The Kier molecular flexibility index (Phi) is 6.04. The van der Waals surface area contributed by atoms with E-state index in [1.807, 2.05) is 18.0 Å². The van der Waals surface area contributed by atoms with E-state index in [9.17, 15) is 4.79 Å². The number of aryl methyl sites for hydroxylation is 1. The van der Waals surface area contributed by atoms with Crippen LogP contribution >= 0.6 is 11.6 Å². The van der Waals surface area contributed by atoms with Crippen LogP contribution in [0.15, 0.2) is 12.1 Å². The van der Waals surface area contributed by atoms with Crippen molar-refractivity contribution in [1.29, 1.82) is 0 Å². The monoisotopic (exact) mass is 308 g/mol. The molecule has 3 nitrogen and oxygen atoms in total. The van der Waals surface area contributed by atoms with Gasteiger partial charge in [-0.3, -0.25) is 4.79 Å². The molecule has 2 rings (SSSR count). The second kappa shape index (κ2) is 7.79. The highest BCUT2D eigenvalue weighted by Crippen LogP contribution is 2.24. The number of carbonyl (C=O) groups is 1. The van der Waals surface area contributed by atoms with Gasteiger partial charge >= 0.3 is 0 Å². The summed E-state index contributed by atoms with van der Waals surface area (Å²) in [4.78, 5) is 18.7. The Labute approximate surface area is 132 Å². The molecule has 0 aromatic carbocycles. The molecule has 116 valence electrons. The van der Waals surface area contributed by atoms with Crippen molar-refractivity contribution in [3.05, 3.63) is 28.5 Å². The molecule has 1 aliphatic rings. The summed E-state index contributed by atoms with van der Waals surface area (Å²) in [6, 6.07) is 3.56. The van der Waals surface area contributed by atoms with E-state index < -0.39 is 0 Å². The molecule has 1 heterocycles. The predicted molar refractivity (Wildman–Crippen MR) is 86.8 cm³/mol. The molecule has 0 aliphatic heterocycles. The summed E-state index contributed by atoms with van der Waals surface area (Å²) in [6.45, 7) is 2.95. The SMILES string of the molecule is CCCc1cc(C(=O)N(C)CC2CCCCC2)cc(Cl)n1. The van der Waals surface area contributed by atoms with Gasteiger partial charge < -0.3 is 4.90 Å². The van der Waals surface area contributed by atoms with Crippen molar-refractivity contribution in [2.45, 2.75) is 51.9 Å². The van der Waals surface area contributed by atoms with Gasteiger partial charge in [0.05, 0.1) is 0 Å². The topological polar surface area (TPSA) is 33.2 Å². The van der Waals surface area contributed by atoms with Crippen LogP contribution in [0.1, 0.15) is 61.5 Å². The van der Waals surface area contributed by atoms with E-state index in [-0.39, 0.29) is 5.91 Å². The van der Waals surface area contributed by atoms with E-state index in [0.29, 0.717) is 16.6 Å². The lowest BCUT2D eigenvalue weighted by atomic mass is 9.89. The maximum Gasteiger partial charge on any atom is 0.253 e. The molecule has 0 spiro atoms. The Bertz CT molecular complexity index is 484. The van der Waals surface area contributed by atoms with Crippen molar-refractivity contribution in [2.24, 2.45) is 5.92 Å². The molecule has 0 saturated heterocycles. The molecule has 1 aromatic heterocycles. The van der Waals surface area contributed by atoms with Gasteiger partial charge in [-0.1, -0.05) is 44.2 Å². The van der Waals surface area contributed by atoms with E-state index in [0.717, 1.165) is 25.1 Å². The molecule has 1 aromatic rings. The lowest BCUT2D eigenvalue weighted by Gasteiger charge is -2.27. The number of aromatic nitrogens is 1. The van der Waals surface area contributed by atoms with Gasteiger partial charge in [0.2, 0.25) is 0 Å². The average Bonchev–Trinajstić information content (AvgIpc) is 2.47. The fourth-order valence-corrected chi connectivity index (χ4v) is 3.35. The number of nitrogens with zero attached hydrogens (tertiary/aromatic N) is 2.